The molecule has 6 heteroatoms. The van der Waals surface area contributed by atoms with E-state index in [-0.39, 0.29) is 23.9 Å². The molecule has 1 unspecified atom stereocenters. The zero-order chi connectivity index (χ0) is 22.0. The first-order chi connectivity index (χ1) is 15.0. The number of ether oxygens (including phenoxy) is 1. The highest BCUT2D eigenvalue weighted by Crippen LogP contribution is 2.45. The fourth-order valence-corrected chi connectivity index (χ4v) is 4.24. The Bertz CT molecular complexity index is 1160. The number of amides is 1. The highest BCUT2D eigenvalue weighted by atomic mass is 79.9. The van der Waals surface area contributed by atoms with E-state index in [9.17, 15) is 9.59 Å². The number of rotatable bonds is 4. The van der Waals surface area contributed by atoms with Crippen molar-refractivity contribution in [3.63, 3.8) is 0 Å². The Hall–Kier alpha value is -3.38. The van der Waals surface area contributed by atoms with Gasteiger partial charge in [-0.2, -0.15) is 0 Å². The highest BCUT2D eigenvalue weighted by Gasteiger charge is 2.39. The highest BCUT2D eigenvalue weighted by molar-refractivity contribution is 9.10. The van der Waals surface area contributed by atoms with Gasteiger partial charge >= 0.3 is 5.97 Å². The minimum absolute atomic E-state index is 0.0796. The van der Waals surface area contributed by atoms with E-state index in [1.165, 1.54) is 4.90 Å². The first kappa shape index (κ1) is 20.9. The summed E-state index contributed by atoms with van der Waals surface area (Å²) in [5.74, 6) is -1.23. The molecule has 0 saturated carbocycles. The van der Waals surface area contributed by atoms with Gasteiger partial charge in [-0.15, -0.1) is 0 Å². The molecule has 0 radical (unpaired) electrons. The second-order valence-corrected chi connectivity index (χ2v) is 7.99. The Morgan fingerprint density at radius 3 is 2.29 bits per heavy atom. The summed E-state index contributed by atoms with van der Waals surface area (Å²) in [5, 5.41) is 0. The van der Waals surface area contributed by atoms with Crippen LogP contribution in [-0.2, 0) is 9.53 Å². The molecule has 0 saturated heterocycles. The van der Waals surface area contributed by atoms with Crippen molar-refractivity contribution in [2.24, 2.45) is 5.73 Å². The topological polar surface area (TPSA) is 72.6 Å². The molecule has 1 aliphatic rings. The number of nitrogens with zero attached hydrogens (tertiary/aromatic N) is 1. The van der Waals surface area contributed by atoms with Crippen molar-refractivity contribution in [3.05, 3.63) is 111 Å². The van der Waals surface area contributed by atoms with Crippen LogP contribution < -0.4 is 10.6 Å². The Morgan fingerprint density at radius 2 is 1.65 bits per heavy atom. The Morgan fingerprint density at radius 1 is 1.00 bits per heavy atom. The molecule has 3 aromatic carbocycles. The van der Waals surface area contributed by atoms with E-state index in [1.807, 2.05) is 54.6 Å². The third kappa shape index (κ3) is 3.86. The quantitative estimate of drug-likeness (QED) is 0.539. The van der Waals surface area contributed by atoms with Crippen LogP contribution in [0.25, 0.3) is 0 Å². The van der Waals surface area contributed by atoms with Crippen LogP contribution in [0, 0.1) is 0 Å². The molecule has 5 nitrogen and oxygen atoms in total. The molecule has 2 N–H and O–H groups in total. The van der Waals surface area contributed by atoms with Gasteiger partial charge in [-0.25, -0.2) is 4.79 Å². The van der Waals surface area contributed by atoms with Crippen LogP contribution in [0.3, 0.4) is 0 Å². The molecule has 0 aliphatic carbocycles. The number of halogens is 1. The van der Waals surface area contributed by atoms with Crippen LogP contribution in [0.5, 0.6) is 0 Å². The van der Waals surface area contributed by atoms with Gasteiger partial charge in [0.05, 0.1) is 17.9 Å². The SMILES string of the molecule is CCOC(=O)C1=C(N)N(C(=O)c2ccccc2)c2ccc(Br)cc2C1c1ccccc1. The lowest BCUT2D eigenvalue weighted by molar-refractivity contribution is -0.138. The first-order valence-corrected chi connectivity index (χ1v) is 10.7. The summed E-state index contributed by atoms with van der Waals surface area (Å²) in [7, 11) is 0. The predicted octanol–water partition coefficient (Wildman–Crippen LogP) is 4.97. The molecule has 0 aromatic heterocycles. The van der Waals surface area contributed by atoms with Gasteiger partial charge in [0.25, 0.3) is 5.91 Å². The Labute approximate surface area is 189 Å². The van der Waals surface area contributed by atoms with Crippen molar-refractivity contribution in [1.82, 2.24) is 0 Å². The summed E-state index contributed by atoms with van der Waals surface area (Å²) in [4.78, 5) is 28.0. The fraction of sp³-hybridized carbons (Fsp3) is 0.120. The van der Waals surface area contributed by atoms with Crippen LogP contribution in [0.1, 0.15) is 34.3 Å². The summed E-state index contributed by atoms with van der Waals surface area (Å²) in [6.45, 7) is 1.95. The largest absolute Gasteiger partial charge is 0.463 e. The van der Waals surface area contributed by atoms with Gasteiger partial charge in [-0.1, -0.05) is 64.5 Å². The van der Waals surface area contributed by atoms with E-state index in [4.69, 9.17) is 10.5 Å². The van der Waals surface area contributed by atoms with Gasteiger partial charge in [0.2, 0.25) is 0 Å². The molecule has 1 amide bonds. The minimum atomic E-state index is -0.537. The minimum Gasteiger partial charge on any atom is -0.463 e. The molecule has 31 heavy (non-hydrogen) atoms. The molecule has 1 atom stereocenters. The number of fused-ring (bicyclic) bond motifs is 1. The second kappa shape index (κ2) is 8.78. The van der Waals surface area contributed by atoms with Crippen molar-refractivity contribution in [2.75, 3.05) is 11.5 Å². The third-order valence-electron chi connectivity index (χ3n) is 5.20. The van der Waals surface area contributed by atoms with Gasteiger partial charge < -0.3 is 10.5 Å². The normalized spacial score (nSPS) is 15.4. The summed E-state index contributed by atoms with van der Waals surface area (Å²) in [5.41, 5.74) is 9.59. The molecule has 3 aromatic rings. The number of hydrogen-bond donors (Lipinski definition) is 1. The Balaban J connectivity index is 1.98. The fourth-order valence-electron chi connectivity index (χ4n) is 3.87. The van der Waals surface area contributed by atoms with Crippen molar-refractivity contribution >= 4 is 33.5 Å². The van der Waals surface area contributed by atoms with Gasteiger partial charge in [-0.3, -0.25) is 9.69 Å². The van der Waals surface area contributed by atoms with E-state index in [2.05, 4.69) is 15.9 Å². The molecule has 0 fully saturated rings. The Kier molecular flexibility index (Phi) is 5.91. The number of benzene rings is 3. The van der Waals surface area contributed by atoms with Gasteiger partial charge in [-0.05, 0) is 48.4 Å². The molecular formula is C25H21BrN2O3. The van der Waals surface area contributed by atoms with Crippen molar-refractivity contribution in [3.8, 4) is 0 Å². The molecule has 0 spiro atoms. The van der Waals surface area contributed by atoms with Crippen LogP contribution in [0.2, 0.25) is 0 Å². The molecular weight excluding hydrogens is 456 g/mol. The smallest absolute Gasteiger partial charge is 0.338 e. The molecule has 0 bridgehead atoms. The average molecular weight is 477 g/mol. The van der Waals surface area contributed by atoms with Crippen LogP contribution in [0.4, 0.5) is 5.69 Å². The van der Waals surface area contributed by atoms with E-state index in [0.29, 0.717) is 11.3 Å². The monoisotopic (exact) mass is 476 g/mol. The maximum Gasteiger partial charge on any atom is 0.338 e. The lowest BCUT2D eigenvalue weighted by atomic mass is 9.81. The average Bonchev–Trinajstić information content (AvgIpc) is 2.79. The zero-order valence-corrected chi connectivity index (χ0v) is 18.5. The standard InChI is InChI=1S/C25H21BrN2O3/c1-2-31-25(30)22-21(16-9-5-3-6-10-16)19-15-18(26)13-14-20(19)28(23(22)27)24(29)17-11-7-4-8-12-17/h3-15,21H,2,27H2,1H3. The summed E-state index contributed by atoms with van der Waals surface area (Å²) in [6, 6.07) is 24.1. The molecule has 4 rings (SSSR count). The summed E-state index contributed by atoms with van der Waals surface area (Å²) < 4.78 is 6.19. The van der Waals surface area contributed by atoms with E-state index in [1.54, 1.807) is 31.2 Å². The first-order valence-electron chi connectivity index (χ1n) is 9.93. The number of anilines is 1. The third-order valence-corrected chi connectivity index (χ3v) is 5.69. The number of nitrogens with two attached hydrogens (primary N) is 1. The van der Waals surface area contributed by atoms with Crippen LogP contribution in [0.15, 0.2) is 94.7 Å². The van der Waals surface area contributed by atoms with E-state index < -0.39 is 11.9 Å². The number of hydrogen-bond acceptors (Lipinski definition) is 4. The van der Waals surface area contributed by atoms with E-state index >= 15 is 0 Å². The van der Waals surface area contributed by atoms with Crippen molar-refractivity contribution in [1.29, 1.82) is 0 Å². The predicted molar refractivity (Wildman–Crippen MR) is 124 cm³/mol. The lowest BCUT2D eigenvalue weighted by Crippen LogP contribution is -2.41. The summed E-state index contributed by atoms with van der Waals surface area (Å²) >= 11 is 3.53. The van der Waals surface area contributed by atoms with Gasteiger partial charge in [0.15, 0.2) is 0 Å². The maximum atomic E-state index is 13.5. The lowest BCUT2D eigenvalue weighted by Gasteiger charge is -2.36. The van der Waals surface area contributed by atoms with Gasteiger partial charge in [0, 0.05) is 16.0 Å². The van der Waals surface area contributed by atoms with Crippen LogP contribution >= 0.6 is 15.9 Å². The zero-order valence-electron chi connectivity index (χ0n) is 16.9. The number of carbonyl (C=O) groups is 2. The maximum absolute atomic E-state index is 13.5. The van der Waals surface area contributed by atoms with Gasteiger partial charge in [0.1, 0.15) is 5.82 Å². The van der Waals surface area contributed by atoms with Crippen molar-refractivity contribution in [2.45, 2.75) is 12.8 Å². The van der Waals surface area contributed by atoms with E-state index in [0.717, 1.165) is 15.6 Å². The molecule has 156 valence electrons. The second-order valence-electron chi connectivity index (χ2n) is 7.07. The number of carbonyl (C=O) groups excluding carboxylic acids is 2. The summed E-state index contributed by atoms with van der Waals surface area (Å²) in [6.07, 6.45) is 0. The number of esters is 1. The van der Waals surface area contributed by atoms with Crippen molar-refractivity contribution < 1.29 is 14.3 Å². The van der Waals surface area contributed by atoms with Crippen LogP contribution in [-0.4, -0.2) is 18.5 Å². The molecule has 1 aliphatic heterocycles. The molecule has 1 heterocycles.